The van der Waals surface area contributed by atoms with E-state index in [1.54, 1.807) is 24.9 Å². The van der Waals surface area contributed by atoms with E-state index in [0.717, 1.165) is 4.90 Å². The van der Waals surface area contributed by atoms with Gasteiger partial charge in [0, 0.05) is 11.1 Å². The van der Waals surface area contributed by atoms with Crippen molar-refractivity contribution in [3.63, 3.8) is 0 Å². The van der Waals surface area contributed by atoms with Crippen molar-refractivity contribution in [3.8, 4) is 11.7 Å². The number of esters is 1. The Kier molecular flexibility index (Phi) is 4.62. The molecule has 0 amide bonds. The molecule has 0 aliphatic rings. The minimum Gasteiger partial charge on any atom is -0.480 e. The molecular formula is C13H15N3O3S. The third-order valence-electron chi connectivity index (χ3n) is 2.59. The van der Waals surface area contributed by atoms with Gasteiger partial charge < -0.3 is 9.47 Å². The number of hydrogen-bond acceptors (Lipinski definition) is 6. The second-order valence-corrected chi connectivity index (χ2v) is 4.64. The molecule has 0 atom stereocenters. The summed E-state index contributed by atoms with van der Waals surface area (Å²) in [7, 11) is 1.48. The van der Waals surface area contributed by atoms with E-state index in [1.165, 1.54) is 18.0 Å². The van der Waals surface area contributed by atoms with Crippen LogP contribution in [0.25, 0.3) is 5.82 Å². The molecule has 0 bridgehead atoms. The first-order chi connectivity index (χ1) is 9.71. The van der Waals surface area contributed by atoms with Crippen LogP contribution in [-0.2, 0) is 4.74 Å². The summed E-state index contributed by atoms with van der Waals surface area (Å²) in [5.74, 6) is 0.430. The minimum atomic E-state index is -0.462. The van der Waals surface area contributed by atoms with Gasteiger partial charge in [0.25, 0.3) is 0 Å². The van der Waals surface area contributed by atoms with Gasteiger partial charge in [0.1, 0.15) is 5.56 Å². The average Bonchev–Trinajstić information content (AvgIpc) is 2.91. The fourth-order valence-corrected chi connectivity index (χ4v) is 2.03. The lowest BCUT2D eigenvalue weighted by Crippen LogP contribution is -2.07. The van der Waals surface area contributed by atoms with Crippen LogP contribution in [0, 0.1) is 0 Å². The Balaban J connectivity index is 2.38. The molecule has 0 aliphatic heterocycles. The molecule has 20 heavy (non-hydrogen) atoms. The van der Waals surface area contributed by atoms with E-state index in [1.807, 2.05) is 18.4 Å². The Morgan fingerprint density at radius 3 is 2.75 bits per heavy atom. The molecule has 2 heterocycles. The third kappa shape index (κ3) is 2.77. The second-order valence-electron chi connectivity index (χ2n) is 3.76. The van der Waals surface area contributed by atoms with E-state index in [-0.39, 0.29) is 5.56 Å². The van der Waals surface area contributed by atoms with E-state index in [9.17, 15) is 4.79 Å². The normalized spacial score (nSPS) is 10.3. The molecule has 2 aromatic rings. The highest BCUT2D eigenvalue weighted by atomic mass is 32.2. The minimum absolute atomic E-state index is 0.282. The average molecular weight is 293 g/mol. The van der Waals surface area contributed by atoms with Gasteiger partial charge in [0.15, 0.2) is 5.82 Å². The molecule has 6 nitrogen and oxygen atoms in total. The smallest absolute Gasteiger partial charge is 0.345 e. The summed E-state index contributed by atoms with van der Waals surface area (Å²) in [6.07, 6.45) is 5.14. The lowest BCUT2D eigenvalue weighted by molar-refractivity contribution is 0.0522. The lowest BCUT2D eigenvalue weighted by atomic mass is 10.3. The van der Waals surface area contributed by atoms with E-state index in [2.05, 4.69) is 10.1 Å². The zero-order chi connectivity index (χ0) is 14.5. The molecule has 7 heteroatoms. The first-order valence-corrected chi connectivity index (χ1v) is 7.23. The van der Waals surface area contributed by atoms with Crippen molar-refractivity contribution < 1.29 is 14.3 Å². The van der Waals surface area contributed by atoms with Crippen LogP contribution in [0.5, 0.6) is 5.88 Å². The fraction of sp³-hybridized carbons (Fsp3) is 0.308. The molecule has 0 fully saturated rings. The highest BCUT2D eigenvalue weighted by Crippen LogP contribution is 2.23. The number of pyridine rings is 1. The van der Waals surface area contributed by atoms with Crippen molar-refractivity contribution in [2.45, 2.75) is 11.8 Å². The Bertz CT molecular complexity index is 595. The highest BCUT2D eigenvalue weighted by Gasteiger charge is 2.20. The molecule has 0 spiro atoms. The van der Waals surface area contributed by atoms with Gasteiger partial charge in [0.2, 0.25) is 5.88 Å². The molecule has 0 unspecified atom stereocenters. The molecule has 0 saturated carbocycles. The Morgan fingerprint density at radius 1 is 1.40 bits per heavy atom. The Labute approximate surface area is 121 Å². The van der Waals surface area contributed by atoms with Gasteiger partial charge in [-0.15, -0.1) is 11.8 Å². The summed E-state index contributed by atoms with van der Waals surface area (Å²) in [6, 6.07) is 3.74. The third-order valence-corrected chi connectivity index (χ3v) is 3.30. The van der Waals surface area contributed by atoms with E-state index in [0.29, 0.717) is 18.3 Å². The van der Waals surface area contributed by atoms with Gasteiger partial charge >= 0.3 is 5.97 Å². The maximum Gasteiger partial charge on any atom is 0.345 e. The van der Waals surface area contributed by atoms with Crippen LogP contribution in [0.4, 0.5) is 0 Å². The van der Waals surface area contributed by atoms with Crippen molar-refractivity contribution in [1.29, 1.82) is 0 Å². The van der Waals surface area contributed by atoms with E-state index >= 15 is 0 Å². The van der Waals surface area contributed by atoms with Crippen molar-refractivity contribution in [2.24, 2.45) is 0 Å². The molecular weight excluding hydrogens is 278 g/mol. The van der Waals surface area contributed by atoms with Crippen LogP contribution < -0.4 is 4.74 Å². The summed E-state index contributed by atoms with van der Waals surface area (Å²) >= 11 is 1.60. The maximum absolute atomic E-state index is 11.8. The zero-order valence-corrected chi connectivity index (χ0v) is 12.3. The molecule has 0 N–H and O–H groups in total. The number of thioether (sulfide) groups is 1. The number of carbonyl (C=O) groups is 1. The fourth-order valence-electron chi connectivity index (χ4n) is 1.66. The zero-order valence-electron chi connectivity index (χ0n) is 11.5. The number of methoxy groups -OCH3 is 1. The van der Waals surface area contributed by atoms with E-state index < -0.39 is 5.97 Å². The predicted molar refractivity (Wildman–Crippen MR) is 75.6 cm³/mol. The van der Waals surface area contributed by atoms with Crippen LogP contribution in [0.2, 0.25) is 0 Å². The number of carbonyl (C=O) groups excluding carboxylic acids is 1. The van der Waals surface area contributed by atoms with Crippen molar-refractivity contribution >= 4 is 17.7 Å². The number of hydrogen-bond donors (Lipinski definition) is 0. The Hall–Kier alpha value is -2.02. The lowest BCUT2D eigenvalue weighted by Gasteiger charge is -2.07. The largest absolute Gasteiger partial charge is 0.480 e. The molecule has 2 aromatic heterocycles. The monoisotopic (exact) mass is 293 g/mol. The van der Waals surface area contributed by atoms with Gasteiger partial charge in [-0.2, -0.15) is 9.78 Å². The maximum atomic E-state index is 11.8. The van der Waals surface area contributed by atoms with Gasteiger partial charge in [0.05, 0.1) is 19.9 Å². The number of rotatable bonds is 5. The second kappa shape index (κ2) is 6.42. The van der Waals surface area contributed by atoms with Crippen molar-refractivity contribution in [3.05, 3.63) is 30.1 Å². The molecule has 0 aliphatic carbocycles. The summed E-state index contributed by atoms with van der Waals surface area (Å²) in [4.78, 5) is 17.1. The summed E-state index contributed by atoms with van der Waals surface area (Å²) in [5.41, 5.74) is 0.282. The molecule has 0 saturated heterocycles. The predicted octanol–water partition coefficient (Wildman–Crippen LogP) is 2.17. The van der Waals surface area contributed by atoms with Crippen LogP contribution in [-0.4, -0.2) is 40.7 Å². The number of nitrogens with zero attached hydrogens (tertiary/aromatic N) is 3. The van der Waals surface area contributed by atoms with Crippen LogP contribution in [0.3, 0.4) is 0 Å². The first-order valence-electron chi connectivity index (χ1n) is 6.00. The first kappa shape index (κ1) is 14.4. The summed E-state index contributed by atoms with van der Waals surface area (Å²) < 4.78 is 11.7. The molecule has 0 aromatic carbocycles. The topological polar surface area (TPSA) is 66.2 Å². The van der Waals surface area contributed by atoms with Crippen LogP contribution >= 0.6 is 11.8 Å². The van der Waals surface area contributed by atoms with Crippen molar-refractivity contribution in [2.75, 3.05) is 20.0 Å². The van der Waals surface area contributed by atoms with Gasteiger partial charge in [-0.1, -0.05) is 0 Å². The van der Waals surface area contributed by atoms with Crippen LogP contribution in [0.1, 0.15) is 17.3 Å². The summed E-state index contributed by atoms with van der Waals surface area (Å²) in [5, 5.41) is 4.14. The number of ether oxygens (including phenoxy) is 2. The quantitative estimate of drug-likeness (QED) is 0.622. The molecule has 0 radical (unpaired) electrons. The SMILES string of the molecule is CCOC(=O)c1cnn(-c2ccc(SC)cn2)c1OC. The molecule has 2 rings (SSSR count). The van der Waals surface area contributed by atoms with Crippen molar-refractivity contribution in [1.82, 2.24) is 14.8 Å². The molecule has 106 valence electrons. The van der Waals surface area contributed by atoms with Gasteiger partial charge in [-0.25, -0.2) is 9.78 Å². The standard InChI is InChI=1S/C13H15N3O3S/c1-4-19-13(17)10-8-15-16(12(10)18-2)11-6-5-9(20-3)7-14-11/h5-8H,4H2,1-3H3. The van der Waals surface area contributed by atoms with Crippen LogP contribution in [0.15, 0.2) is 29.4 Å². The summed E-state index contributed by atoms with van der Waals surface area (Å²) in [6.45, 7) is 2.05. The Morgan fingerprint density at radius 2 is 2.20 bits per heavy atom. The number of aromatic nitrogens is 3. The van der Waals surface area contributed by atoms with Gasteiger partial charge in [-0.05, 0) is 25.3 Å². The highest BCUT2D eigenvalue weighted by molar-refractivity contribution is 7.98. The van der Waals surface area contributed by atoms with Gasteiger partial charge in [-0.3, -0.25) is 0 Å². The van der Waals surface area contributed by atoms with E-state index in [4.69, 9.17) is 9.47 Å².